The van der Waals surface area contributed by atoms with Gasteiger partial charge in [-0.05, 0) is 30.7 Å². The molecule has 6 nitrogen and oxygen atoms in total. The van der Waals surface area contributed by atoms with E-state index in [0.29, 0.717) is 5.95 Å². The maximum absolute atomic E-state index is 12.2. The van der Waals surface area contributed by atoms with Gasteiger partial charge in [-0.3, -0.25) is 14.9 Å². The normalized spacial score (nSPS) is 11.7. The van der Waals surface area contributed by atoms with Gasteiger partial charge < -0.3 is 5.32 Å². The van der Waals surface area contributed by atoms with Gasteiger partial charge in [-0.25, -0.2) is 9.78 Å². The Hall–Kier alpha value is -3.15. The van der Waals surface area contributed by atoms with Gasteiger partial charge in [0.2, 0.25) is 5.95 Å². The van der Waals surface area contributed by atoms with Gasteiger partial charge in [0, 0.05) is 30.5 Å². The van der Waals surface area contributed by atoms with Crippen molar-refractivity contribution in [2.45, 2.75) is 13.0 Å². The van der Waals surface area contributed by atoms with Crippen LogP contribution in [0, 0.1) is 0 Å². The Morgan fingerprint density at radius 1 is 1.13 bits per heavy atom. The first-order valence-electron chi connectivity index (χ1n) is 7.30. The lowest BCUT2D eigenvalue weighted by Crippen LogP contribution is -2.32. The highest BCUT2D eigenvalue weighted by Gasteiger charge is 2.12. The number of urea groups is 1. The highest BCUT2D eigenvalue weighted by atomic mass is 16.2. The van der Waals surface area contributed by atoms with Gasteiger partial charge in [-0.1, -0.05) is 24.3 Å². The molecular weight excluding hydrogens is 290 g/mol. The molecule has 0 radical (unpaired) electrons. The van der Waals surface area contributed by atoms with Crippen LogP contribution in [-0.2, 0) is 0 Å². The highest BCUT2D eigenvalue weighted by molar-refractivity contribution is 5.88. The molecule has 0 aliphatic heterocycles. The van der Waals surface area contributed by atoms with Crippen LogP contribution in [0.4, 0.5) is 10.7 Å². The predicted molar refractivity (Wildman–Crippen MR) is 88.4 cm³/mol. The molecule has 116 valence electrons. The number of nitrogens with zero attached hydrogens (tertiary/aromatic N) is 3. The summed E-state index contributed by atoms with van der Waals surface area (Å²) >= 11 is 0. The SMILES string of the molecule is CC(NC(=O)Nc1nccn1-c1ccccc1)c1cccnc1. The first kappa shape index (κ1) is 14.8. The van der Waals surface area contributed by atoms with Crippen molar-refractivity contribution in [3.8, 4) is 5.69 Å². The van der Waals surface area contributed by atoms with Gasteiger partial charge in [0.25, 0.3) is 0 Å². The molecule has 6 heteroatoms. The Balaban J connectivity index is 1.69. The van der Waals surface area contributed by atoms with Crippen LogP contribution in [0.1, 0.15) is 18.5 Å². The number of amides is 2. The lowest BCUT2D eigenvalue weighted by Gasteiger charge is -2.15. The van der Waals surface area contributed by atoms with Gasteiger partial charge in [0.15, 0.2) is 0 Å². The quantitative estimate of drug-likeness (QED) is 0.777. The zero-order chi connectivity index (χ0) is 16.1. The summed E-state index contributed by atoms with van der Waals surface area (Å²) in [6, 6.07) is 13.0. The van der Waals surface area contributed by atoms with Crippen LogP contribution in [0.25, 0.3) is 5.69 Å². The van der Waals surface area contributed by atoms with E-state index in [1.54, 1.807) is 24.8 Å². The topological polar surface area (TPSA) is 71.8 Å². The van der Waals surface area contributed by atoms with Crippen molar-refractivity contribution < 1.29 is 4.79 Å². The fourth-order valence-corrected chi connectivity index (χ4v) is 2.24. The smallest absolute Gasteiger partial charge is 0.322 e. The van der Waals surface area contributed by atoms with Gasteiger partial charge in [0.05, 0.1) is 6.04 Å². The Bertz CT molecular complexity index is 770. The molecule has 0 aliphatic carbocycles. The van der Waals surface area contributed by atoms with E-state index in [2.05, 4.69) is 20.6 Å². The number of pyridine rings is 1. The minimum atomic E-state index is -0.315. The minimum Gasteiger partial charge on any atom is -0.331 e. The second-order valence-corrected chi connectivity index (χ2v) is 5.06. The van der Waals surface area contributed by atoms with Crippen LogP contribution in [0.3, 0.4) is 0 Å². The zero-order valence-electron chi connectivity index (χ0n) is 12.7. The van der Waals surface area contributed by atoms with Crippen molar-refractivity contribution in [2.24, 2.45) is 0 Å². The maximum atomic E-state index is 12.2. The van der Waals surface area contributed by atoms with E-state index in [0.717, 1.165) is 11.3 Å². The van der Waals surface area contributed by atoms with Crippen molar-refractivity contribution in [1.82, 2.24) is 19.9 Å². The average molecular weight is 307 g/mol. The third-order valence-electron chi connectivity index (χ3n) is 3.43. The maximum Gasteiger partial charge on any atom is 0.322 e. The van der Waals surface area contributed by atoms with Gasteiger partial charge in [-0.2, -0.15) is 0 Å². The molecule has 0 aliphatic rings. The number of para-hydroxylation sites is 1. The molecule has 2 amide bonds. The number of carbonyl (C=O) groups is 1. The Kier molecular flexibility index (Phi) is 4.33. The van der Waals surface area contributed by atoms with Gasteiger partial charge in [0.1, 0.15) is 0 Å². The van der Waals surface area contributed by atoms with E-state index in [9.17, 15) is 4.79 Å². The van der Waals surface area contributed by atoms with Crippen LogP contribution in [-0.4, -0.2) is 20.6 Å². The number of benzene rings is 1. The number of anilines is 1. The summed E-state index contributed by atoms with van der Waals surface area (Å²) < 4.78 is 1.81. The molecule has 0 saturated heterocycles. The van der Waals surface area contributed by atoms with E-state index in [1.807, 2.05) is 54.0 Å². The van der Waals surface area contributed by atoms with Crippen LogP contribution in [0.2, 0.25) is 0 Å². The number of hydrogen-bond acceptors (Lipinski definition) is 3. The number of rotatable bonds is 4. The van der Waals surface area contributed by atoms with E-state index in [-0.39, 0.29) is 12.1 Å². The van der Waals surface area contributed by atoms with Crippen LogP contribution in [0.15, 0.2) is 67.3 Å². The van der Waals surface area contributed by atoms with Gasteiger partial charge >= 0.3 is 6.03 Å². The molecule has 0 fully saturated rings. The molecule has 1 aromatic carbocycles. The van der Waals surface area contributed by atoms with E-state index in [1.165, 1.54) is 0 Å². The summed E-state index contributed by atoms with van der Waals surface area (Å²) in [5, 5.41) is 5.64. The zero-order valence-corrected chi connectivity index (χ0v) is 12.7. The summed E-state index contributed by atoms with van der Waals surface area (Å²) in [5.74, 6) is 0.465. The monoisotopic (exact) mass is 307 g/mol. The second kappa shape index (κ2) is 6.74. The largest absolute Gasteiger partial charge is 0.331 e. The molecule has 3 aromatic rings. The van der Waals surface area contributed by atoms with E-state index in [4.69, 9.17) is 0 Å². The first-order valence-corrected chi connectivity index (χ1v) is 7.30. The molecule has 3 rings (SSSR count). The summed E-state index contributed by atoms with van der Waals surface area (Å²) in [4.78, 5) is 20.4. The lowest BCUT2D eigenvalue weighted by molar-refractivity contribution is 0.249. The standard InChI is InChI=1S/C17H17N5O/c1-13(14-6-5-9-18-12-14)20-17(23)21-16-19-10-11-22(16)15-7-3-2-4-8-15/h2-13H,1H3,(H2,19,20,21,23). The Morgan fingerprint density at radius 2 is 1.96 bits per heavy atom. The van der Waals surface area contributed by atoms with Crippen molar-refractivity contribution in [1.29, 1.82) is 0 Å². The molecule has 1 unspecified atom stereocenters. The van der Waals surface area contributed by atoms with Gasteiger partial charge in [-0.15, -0.1) is 0 Å². The van der Waals surface area contributed by atoms with Crippen molar-refractivity contribution >= 4 is 12.0 Å². The molecule has 2 heterocycles. The van der Waals surface area contributed by atoms with Crippen LogP contribution < -0.4 is 10.6 Å². The molecule has 2 N–H and O–H groups in total. The van der Waals surface area contributed by atoms with Crippen LogP contribution >= 0.6 is 0 Å². The highest BCUT2D eigenvalue weighted by Crippen LogP contribution is 2.14. The molecule has 23 heavy (non-hydrogen) atoms. The number of aromatic nitrogens is 3. The Labute approximate surface area is 134 Å². The molecular formula is C17H17N5O. The molecule has 0 bridgehead atoms. The van der Waals surface area contributed by atoms with Crippen molar-refractivity contribution in [3.63, 3.8) is 0 Å². The molecule has 1 atom stereocenters. The summed E-state index contributed by atoms with van der Waals surface area (Å²) in [5.41, 5.74) is 1.87. The average Bonchev–Trinajstić information content (AvgIpc) is 3.04. The minimum absolute atomic E-state index is 0.149. The van der Waals surface area contributed by atoms with Crippen molar-refractivity contribution in [2.75, 3.05) is 5.32 Å². The number of hydrogen-bond donors (Lipinski definition) is 2. The summed E-state index contributed by atoms with van der Waals surface area (Å²) in [6.07, 6.45) is 6.88. The molecule has 0 saturated carbocycles. The number of nitrogens with one attached hydrogen (secondary N) is 2. The fraction of sp³-hybridized carbons (Fsp3) is 0.118. The first-order chi connectivity index (χ1) is 11.2. The number of imidazole rings is 1. The molecule has 2 aromatic heterocycles. The Morgan fingerprint density at radius 3 is 2.70 bits per heavy atom. The summed E-state index contributed by atoms with van der Waals surface area (Å²) in [6.45, 7) is 1.90. The van der Waals surface area contributed by atoms with Crippen molar-refractivity contribution in [3.05, 3.63) is 72.8 Å². The van der Waals surface area contributed by atoms with E-state index < -0.39 is 0 Å². The second-order valence-electron chi connectivity index (χ2n) is 5.06. The summed E-state index contributed by atoms with van der Waals surface area (Å²) in [7, 11) is 0. The third kappa shape index (κ3) is 3.55. The van der Waals surface area contributed by atoms with E-state index >= 15 is 0 Å². The predicted octanol–water partition coefficient (Wildman–Crippen LogP) is 3.15. The third-order valence-corrected chi connectivity index (χ3v) is 3.43. The number of carbonyl (C=O) groups excluding carboxylic acids is 1. The molecule has 0 spiro atoms. The van der Waals surface area contributed by atoms with Crippen LogP contribution in [0.5, 0.6) is 0 Å². The fourth-order valence-electron chi connectivity index (χ4n) is 2.24. The lowest BCUT2D eigenvalue weighted by atomic mass is 10.1.